The Bertz CT molecular complexity index is 2280. The van der Waals surface area contributed by atoms with Crippen molar-refractivity contribution in [1.29, 1.82) is 0 Å². The van der Waals surface area contributed by atoms with Gasteiger partial charge in [-0.3, -0.25) is 28.0 Å². The molecule has 1 aliphatic rings. The molecule has 0 amide bonds. The second kappa shape index (κ2) is 40.8. The smallest absolute Gasteiger partial charge is 0.481 e. The fourth-order valence-electron chi connectivity index (χ4n) is 7.15. The van der Waals surface area contributed by atoms with Gasteiger partial charge in [-0.1, -0.05) is 125 Å². The fourth-order valence-corrected chi connectivity index (χ4v) is 10.4. The van der Waals surface area contributed by atoms with Crippen LogP contribution in [0, 0.1) is 0 Å². The molecule has 0 bridgehead atoms. The number of nitrogens with two attached hydrogens (primary N) is 2. The number of rotatable bonds is 43. The minimum atomic E-state index is -5.59. The number of nitrogens with zero attached hydrogens (tertiary/aromatic N) is 2. The van der Waals surface area contributed by atoms with E-state index in [9.17, 15) is 53.4 Å². The Hall–Kier alpha value is -4.32. The van der Waals surface area contributed by atoms with Gasteiger partial charge in [0.05, 0.1) is 19.3 Å². The van der Waals surface area contributed by atoms with Crippen LogP contribution in [0.4, 0.5) is 5.82 Å². The molecule has 0 spiro atoms. The molecule has 0 saturated carbocycles. The van der Waals surface area contributed by atoms with Crippen LogP contribution >= 0.6 is 27.4 Å². The summed E-state index contributed by atoms with van der Waals surface area (Å²) >= 11 is 1.08. The number of ether oxygens (including phenoxy) is 3. The van der Waals surface area contributed by atoms with Crippen molar-refractivity contribution in [3.63, 3.8) is 0 Å². The van der Waals surface area contributed by atoms with Crippen LogP contribution in [0.15, 0.2) is 102 Å². The van der Waals surface area contributed by atoms with Crippen LogP contribution in [0.3, 0.4) is 0 Å². The van der Waals surface area contributed by atoms with Gasteiger partial charge in [0, 0.05) is 30.0 Å². The van der Waals surface area contributed by atoms with Crippen LogP contribution in [0.25, 0.3) is 0 Å². The van der Waals surface area contributed by atoms with Gasteiger partial charge in [0.15, 0.2) is 12.3 Å². The van der Waals surface area contributed by atoms with Gasteiger partial charge in [-0.25, -0.2) is 13.9 Å². The number of hydrogen-bond acceptors (Lipinski definition) is 19. The van der Waals surface area contributed by atoms with Gasteiger partial charge >= 0.3 is 39.2 Å². The lowest BCUT2D eigenvalue weighted by Crippen LogP contribution is -2.40. The van der Waals surface area contributed by atoms with Crippen LogP contribution in [0.5, 0.6) is 0 Å². The lowest BCUT2D eigenvalue weighted by atomic mass is 10.1. The van der Waals surface area contributed by atoms with E-state index < -0.39 is 107 Å². The number of nitrogen functional groups attached to an aromatic ring is 1. The lowest BCUT2D eigenvalue weighted by Gasteiger charge is -2.23. The number of unbranched alkanes of at least 4 members (excludes halogenated alkanes) is 8. The number of esters is 2. The third-order valence-electron chi connectivity index (χ3n) is 11.5. The molecule has 1 aromatic rings. The molecule has 10 atom stereocenters. The van der Waals surface area contributed by atoms with Crippen LogP contribution in [-0.4, -0.2) is 125 Å². The molecular weight excluding hydrogens is 1070 g/mol. The van der Waals surface area contributed by atoms with E-state index in [-0.39, 0.29) is 37.3 Å². The second-order valence-electron chi connectivity index (χ2n) is 18.2. The number of aliphatic hydroxyl groups excluding tert-OH is 3. The topological polar surface area (TPSA) is 349 Å². The Kier molecular flexibility index (Phi) is 36.5. The number of phosphoric acid groups is 2. The number of allylic oxidation sites excluding steroid dienone is 13. The Morgan fingerprint density at radius 2 is 1.38 bits per heavy atom. The zero-order valence-corrected chi connectivity index (χ0v) is 47.5. The van der Waals surface area contributed by atoms with Crippen molar-refractivity contribution in [3.05, 3.63) is 108 Å². The van der Waals surface area contributed by atoms with E-state index >= 15 is 0 Å². The average Bonchev–Trinajstić information content (AvgIpc) is 3.70. The molecule has 10 N–H and O–H groups in total. The Balaban J connectivity index is 2.09. The van der Waals surface area contributed by atoms with Crippen LogP contribution < -0.4 is 17.2 Å². The third-order valence-corrected chi connectivity index (χ3v) is 15.5. The van der Waals surface area contributed by atoms with Crippen molar-refractivity contribution in [3.8, 4) is 0 Å². The molecule has 1 fully saturated rings. The maximum Gasteiger partial charge on any atom is 0.481 e. The fraction of sp³-hybridized carbons (Fsp3) is 0.604. The number of aliphatic hydroxyl groups is 3. The van der Waals surface area contributed by atoms with E-state index in [0.29, 0.717) is 19.3 Å². The predicted octanol–water partition coefficient (Wildman–Crippen LogP) is 7.98. The van der Waals surface area contributed by atoms with Crippen LogP contribution in [-0.2, 0) is 51.1 Å². The van der Waals surface area contributed by atoms with Crippen molar-refractivity contribution in [2.45, 2.75) is 177 Å². The quantitative estimate of drug-likeness (QED) is 0.0101. The van der Waals surface area contributed by atoms with E-state index in [2.05, 4.69) is 59.6 Å². The number of thioether (sulfide) groups is 1. The standard InChI is InChI=1S/C53H84N4O18P2S/c1-3-5-7-9-11-13-15-17-18-19-21-23-25-27-29-34-48(61)70-37-41(38-71-76(66,67)75-77(68,69)72-39-44-49(62)50(63)51(74-44)57-36-35-46(55)56-53(57)65)73-52(64)42(54)40-78-45(43(58)31-30-33-47(59)60)32-28-26-24-22-20-16-14-12-10-8-6-4-2/h11-14,17-18,20-24,26,28,32,35-36,41-45,49-51,58,62-63H,3-10,15-16,19,25,27,29-31,33-34,37-40,54H2,1-2H3,(H,59,60)(H,66,67)(H,68,69)(H2,55,56,65)/b13-11-,14-12-,18-17-,22-20-,23-21-,26-24+,32-28+/t41-,42+,43+,44-,45-,49-,50-,51-/m1/s1. The zero-order valence-electron chi connectivity index (χ0n) is 44.8. The molecule has 2 rings (SSSR count). The van der Waals surface area contributed by atoms with Gasteiger partial charge in [0.2, 0.25) is 0 Å². The molecule has 22 nitrogen and oxygen atoms in total. The number of hydrogen-bond donors (Lipinski definition) is 8. The van der Waals surface area contributed by atoms with Crippen molar-refractivity contribution in [1.82, 2.24) is 9.55 Å². The molecular formula is C53H84N4O18P2S. The molecule has 2 unspecified atom stereocenters. The van der Waals surface area contributed by atoms with Crippen molar-refractivity contribution >= 4 is 51.1 Å². The molecule has 440 valence electrons. The molecule has 25 heteroatoms. The molecule has 2 heterocycles. The summed E-state index contributed by atoms with van der Waals surface area (Å²) < 4.78 is 57.0. The number of aliphatic carboxylic acids is 1. The summed E-state index contributed by atoms with van der Waals surface area (Å²) in [5.74, 6) is -3.09. The van der Waals surface area contributed by atoms with Crippen LogP contribution in [0.1, 0.15) is 136 Å². The normalized spacial score (nSPS) is 20.4. The Morgan fingerprint density at radius 3 is 2.00 bits per heavy atom. The maximum absolute atomic E-state index is 13.4. The largest absolute Gasteiger partial charge is 0.481 e. The first-order valence-electron chi connectivity index (χ1n) is 26.5. The van der Waals surface area contributed by atoms with Gasteiger partial charge in [-0.2, -0.15) is 9.29 Å². The average molecular weight is 1160 g/mol. The van der Waals surface area contributed by atoms with Gasteiger partial charge < -0.3 is 55.9 Å². The minimum Gasteiger partial charge on any atom is -0.481 e. The van der Waals surface area contributed by atoms with Crippen molar-refractivity contribution in [2.24, 2.45) is 5.73 Å². The highest BCUT2D eigenvalue weighted by atomic mass is 32.2. The van der Waals surface area contributed by atoms with Crippen LogP contribution in [0.2, 0.25) is 0 Å². The number of phosphoric ester groups is 2. The summed E-state index contributed by atoms with van der Waals surface area (Å²) in [4.78, 5) is 74.0. The Labute approximate surface area is 462 Å². The molecule has 1 saturated heterocycles. The summed E-state index contributed by atoms with van der Waals surface area (Å²) in [6.07, 6.45) is 33.0. The first-order valence-corrected chi connectivity index (χ1v) is 30.6. The summed E-state index contributed by atoms with van der Waals surface area (Å²) in [6, 6.07) is -0.177. The number of carbonyl (C=O) groups is 3. The lowest BCUT2D eigenvalue weighted by molar-refractivity contribution is -0.161. The number of aromatic nitrogens is 2. The molecule has 0 radical (unpaired) electrons. The third kappa shape index (κ3) is 32.1. The van der Waals surface area contributed by atoms with Gasteiger partial charge in [-0.15, -0.1) is 11.8 Å². The van der Waals surface area contributed by atoms with E-state index in [1.165, 1.54) is 31.7 Å². The number of anilines is 1. The SMILES string of the molecule is CCCCC/C=C\C\C=C/C=C/C=C/[C@@H](SC[C@H](N)C(=O)O[C@H](COC(=O)CCCC/C=C\C/C=C\C/C=C\CCCCC)COP(=O)(O)OP(=O)(O)OC[C@H]1O[C@@H](n2ccc(N)nc2=O)[C@H](O)[C@@H]1O)[C@@H](O)CCCC(=O)O. The van der Waals surface area contributed by atoms with Gasteiger partial charge in [0.1, 0.15) is 36.8 Å². The molecule has 1 aromatic heterocycles. The van der Waals surface area contributed by atoms with E-state index in [4.69, 9.17) is 39.8 Å². The summed E-state index contributed by atoms with van der Waals surface area (Å²) in [5, 5.41) is 40.5. The number of carboxylic acids is 1. The molecule has 1 aliphatic heterocycles. The Morgan fingerprint density at radius 1 is 0.795 bits per heavy atom. The monoisotopic (exact) mass is 1160 g/mol. The molecule has 0 aliphatic carbocycles. The summed E-state index contributed by atoms with van der Waals surface area (Å²) in [5.41, 5.74) is 10.8. The van der Waals surface area contributed by atoms with Crippen molar-refractivity contribution < 1.29 is 81.3 Å². The highest BCUT2D eigenvalue weighted by Gasteiger charge is 2.46. The predicted molar refractivity (Wildman–Crippen MR) is 299 cm³/mol. The summed E-state index contributed by atoms with van der Waals surface area (Å²) in [6.45, 7) is 1.56. The van der Waals surface area contributed by atoms with Gasteiger partial charge in [0.25, 0.3) is 0 Å². The summed E-state index contributed by atoms with van der Waals surface area (Å²) in [7, 11) is -11.1. The maximum atomic E-state index is 13.4. The van der Waals surface area contributed by atoms with E-state index in [0.717, 1.165) is 67.5 Å². The highest BCUT2D eigenvalue weighted by molar-refractivity contribution is 8.00. The number of carbonyl (C=O) groups excluding carboxylic acids is 2. The van der Waals surface area contributed by atoms with E-state index in [1.54, 1.807) is 24.3 Å². The second-order valence-corrected chi connectivity index (χ2v) is 22.5. The first kappa shape index (κ1) is 69.8. The zero-order chi connectivity index (χ0) is 57.6. The molecule has 78 heavy (non-hydrogen) atoms. The van der Waals surface area contributed by atoms with E-state index in [1.807, 2.05) is 24.3 Å². The number of carboxylic acid groups (broad SMARTS) is 1. The minimum absolute atomic E-state index is 0.0286. The van der Waals surface area contributed by atoms with Crippen molar-refractivity contribution in [2.75, 3.05) is 31.3 Å². The highest BCUT2D eigenvalue weighted by Crippen LogP contribution is 2.60. The van der Waals surface area contributed by atoms with Gasteiger partial charge in [-0.05, 0) is 83.1 Å². The first-order chi connectivity index (χ1) is 37.3. The molecule has 0 aromatic carbocycles.